The van der Waals surface area contributed by atoms with E-state index in [2.05, 4.69) is 35.0 Å². The van der Waals surface area contributed by atoms with E-state index in [0.717, 1.165) is 42.7 Å². The molecule has 1 aliphatic rings. The van der Waals surface area contributed by atoms with Gasteiger partial charge in [0.1, 0.15) is 0 Å². The Labute approximate surface area is 119 Å². The average Bonchev–Trinajstić information content (AvgIpc) is 2.53. The number of benzene rings is 1. The first-order chi connectivity index (χ1) is 9.79. The number of rotatable bonds is 3. The lowest BCUT2D eigenvalue weighted by molar-refractivity contribution is -0.0390. The monoisotopic (exact) mass is 271 g/mol. The van der Waals surface area contributed by atoms with Crippen molar-refractivity contribution in [2.45, 2.75) is 19.1 Å². The Bertz CT molecular complexity index is 581. The third-order valence-electron chi connectivity index (χ3n) is 4.05. The summed E-state index contributed by atoms with van der Waals surface area (Å²) in [6, 6.07) is 10.1. The van der Waals surface area contributed by atoms with Crippen molar-refractivity contribution in [2.75, 3.05) is 26.2 Å². The summed E-state index contributed by atoms with van der Waals surface area (Å²) in [5.74, 6) is 0. The van der Waals surface area contributed by atoms with Crippen molar-refractivity contribution in [3.63, 3.8) is 0 Å². The Balaban J connectivity index is 1.90. The van der Waals surface area contributed by atoms with Gasteiger partial charge in [-0.2, -0.15) is 0 Å². The van der Waals surface area contributed by atoms with Crippen LogP contribution in [0.2, 0.25) is 0 Å². The average molecular weight is 271 g/mol. The molecule has 0 aliphatic carbocycles. The molecule has 20 heavy (non-hydrogen) atoms. The predicted molar refractivity (Wildman–Crippen MR) is 80.5 cm³/mol. The van der Waals surface area contributed by atoms with Crippen LogP contribution in [0.25, 0.3) is 10.9 Å². The van der Waals surface area contributed by atoms with Gasteiger partial charge in [-0.3, -0.25) is 9.88 Å². The van der Waals surface area contributed by atoms with Crippen molar-refractivity contribution in [3.05, 3.63) is 42.1 Å². The molecule has 1 aliphatic heterocycles. The first kappa shape index (κ1) is 13.5. The molecule has 1 saturated heterocycles. The highest BCUT2D eigenvalue weighted by Gasteiger charge is 2.27. The van der Waals surface area contributed by atoms with Crippen LogP contribution in [0.5, 0.6) is 0 Å². The van der Waals surface area contributed by atoms with E-state index in [1.807, 2.05) is 18.3 Å². The van der Waals surface area contributed by atoms with Crippen molar-refractivity contribution < 1.29 is 4.74 Å². The molecule has 1 fully saturated rings. The highest BCUT2D eigenvalue weighted by Crippen LogP contribution is 2.25. The molecule has 2 atom stereocenters. The van der Waals surface area contributed by atoms with Gasteiger partial charge in [0, 0.05) is 24.7 Å². The lowest BCUT2D eigenvalue weighted by Crippen LogP contribution is -2.46. The van der Waals surface area contributed by atoms with Crippen molar-refractivity contribution >= 4 is 10.9 Å². The van der Waals surface area contributed by atoms with Gasteiger partial charge in [-0.25, -0.2) is 0 Å². The summed E-state index contributed by atoms with van der Waals surface area (Å²) in [7, 11) is 0. The first-order valence-corrected chi connectivity index (χ1v) is 7.22. The number of hydrogen-bond acceptors (Lipinski definition) is 4. The van der Waals surface area contributed by atoms with Crippen LogP contribution < -0.4 is 5.73 Å². The highest BCUT2D eigenvalue weighted by molar-refractivity contribution is 5.82. The van der Waals surface area contributed by atoms with Gasteiger partial charge in [0.05, 0.1) is 24.3 Å². The molecule has 0 bridgehead atoms. The van der Waals surface area contributed by atoms with Crippen molar-refractivity contribution in [3.8, 4) is 0 Å². The second kappa shape index (κ2) is 5.87. The second-order valence-electron chi connectivity index (χ2n) is 5.25. The first-order valence-electron chi connectivity index (χ1n) is 7.22. The maximum Gasteiger partial charge on any atom is 0.0895 e. The lowest BCUT2D eigenvalue weighted by atomic mass is 9.98. The number of hydrogen-bond donors (Lipinski definition) is 1. The standard InChI is InChI=1S/C16H21N3O/c1-2-19-9-10-20-14(11-19)15(17)13-7-3-5-12-6-4-8-18-16(12)13/h3-8,14-15H,2,9-11,17H2,1H3. The Morgan fingerprint density at radius 2 is 2.25 bits per heavy atom. The summed E-state index contributed by atoms with van der Waals surface area (Å²) in [4.78, 5) is 6.87. The van der Waals surface area contributed by atoms with E-state index in [4.69, 9.17) is 10.5 Å². The lowest BCUT2D eigenvalue weighted by Gasteiger charge is -2.35. The van der Waals surface area contributed by atoms with E-state index in [-0.39, 0.29) is 12.1 Å². The third kappa shape index (κ3) is 2.54. The molecule has 106 valence electrons. The molecule has 1 aromatic carbocycles. The highest BCUT2D eigenvalue weighted by atomic mass is 16.5. The van der Waals surface area contributed by atoms with E-state index in [0.29, 0.717) is 0 Å². The number of fused-ring (bicyclic) bond motifs is 1. The minimum Gasteiger partial charge on any atom is -0.374 e. The minimum atomic E-state index is -0.136. The summed E-state index contributed by atoms with van der Waals surface area (Å²) >= 11 is 0. The van der Waals surface area contributed by atoms with Crippen LogP contribution in [0.4, 0.5) is 0 Å². The van der Waals surface area contributed by atoms with Gasteiger partial charge in [-0.15, -0.1) is 0 Å². The van der Waals surface area contributed by atoms with E-state index >= 15 is 0 Å². The van der Waals surface area contributed by atoms with Crippen molar-refractivity contribution in [2.24, 2.45) is 5.73 Å². The molecule has 0 amide bonds. The van der Waals surface area contributed by atoms with Gasteiger partial charge in [-0.05, 0) is 18.2 Å². The molecule has 2 aromatic rings. The molecule has 2 heterocycles. The zero-order valence-electron chi connectivity index (χ0n) is 11.8. The molecule has 0 spiro atoms. The van der Waals surface area contributed by atoms with Gasteiger partial charge < -0.3 is 10.5 Å². The largest absolute Gasteiger partial charge is 0.374 e. The van der Waals surface area contributed by atoms with Gasteiger partial charge in [0.2, 0.25) is 0 Å². The van der Waals surface area contributed by atoms with Gasteiger partial charge in [0.25, 0.3) is 0 Å². The number of ether oxygens (including phenoxy) is 1. The molecule has 2 N–H and O–H groups in total. The number of nitrogens with two attached hydrogens (primary N) is 1. The number of para-hydroxylation sites is 1. The van der Waals surface area contributed by atoms with Crippen LogP contribution in [0.15, 0.2) is 36.5 Å². The van der Waals surface area contributed by atoms with Crippen molar-refractivity contribution in [1.29, 1.82) is 0 Å². The van der Waals surface area contributed by atoms with Crippen LogP contribution in [0.3, 0.4) is 0 Å². The molecule has 1 aromatic heterocycles. The topological polar surface area (TPSA) is 51.4 Å². The fraction of sp³-hybridized carbons (Fsp3) is 0.438. The number of pyridine rings is 1. The Morgan fingerprint density at radius 3 is 3.10 bits per heavy atom. The zero-order chi connectivity index (χ0) is 13.9. The predicted octanol–water partition coefficient (Wildman–Crippen LogP) is 1.96. The fourth-order valence-corrected chi connectivity index (χ4v) is 2.83. The molecular weight excluding hydrogens is 250 g/mol. The summed E-state index contributed by atoms with van der Waals surface area (Å²) in [5, 5.41) is 1.13. The number of likely N-dealkylation sites (N-methyl/N-ethyl adjacent to an activating group) is 1. The summed E-state index contributed by atoms with van der Waals surface area (Å²) in [6.07, 6.45) is 1.86. The number of morpholine rings is 1. The summed E-state index contributed by atoms with van der Waals surface area (Å²) in [5.41, 5.74) is 8.52. The summed E-state index contributed by atoms with van der Waals surface area (Å²) < 4.78 is 5.88. The molecule has 2 unspecified atom stereocenters. The smallest absolute Gasteiger partial charge is 0.0895 e. The normalized spacial score (nSPS) is 22.0. The maximum atomic E-state index is 6.46. The summed E-state index contributed by atoms with van der Waals surface area (Å²) in [6.45, 7) is 5.85. The van der Waals surface area contributed by atoms with Crippen LogP contribution >= 0.6 is 0 Å². The maximum absolute atomic E-state index is 6.46. The van der Waals surface area contributed by atoms with Crippen LogP contribution in [0.1, 0.15) is 18.5 Å². The SMILES string of the molecule is CCN1CCOC(C(N)c2cccc3cccnc23)C1. The van der Waals surface area contributed by atoms with Crippen molar-refractivity contribution in [1.82, 2.24) is 9.88 Å². The molecular formula is C16H21N3O. The van der Waals surface area contributed by atoms with Crippen LogP contribution in [-0.2, 0) is 4.74 Å². The molecule has 0 radical (unpaired) electrons. The van der Waals surface area contributed by atoms with Gasteiger partial charge >= 0.3 is 0 Å². The molecule has 4 heteroatoms. The van der Waals surface area contributed by atoms with E-state index in [1.165, 1.54) is 0 Å². The third-order valence-corrected chi connectivity index (χ3v) is 4.05. The number of aromatic nitrogens is 1. The second-order valence-corrected chi connectivity index (χ2v) is 5.25. The Hall–Kier alpha value is -1.49. The van der Waals surface area contributed by atoms with E-state index < -0.39 is 0 Å². The quantitative estimate of drug-likeness (QED) is 0.927. The fourth-order valence-electron chi connectivity index (χ4n) is 2.83. The minimum absolute atomic E-state index is 0.0382. The zero-order valence-corrected chi connectivity index (χ0v) is 11.8. The Morgan fingerprint density at radius 1 is 1.40 bits per heavy atom. The molecule has 4 nitrogen and oxygen atoms in total. The molecule has 0 saturated carbocycles. The van der Waals surface area contributed by atoms with Gasteiger partial charge in [-0.1, -0.05) is 31.2 Å². The van der Waals surface area contributed by atoms with Crippen LogP contribution in [-0.4, -0.2) is 42.2 Å². The Kier molecular flexibility index (Phi) is 3.96. The van der Waals surface area contributed by atoms with E-state index in [9.17, 15) is 0 Å². The van der Waals surface area contributed by atoms with Crippen LogP contribution in [0, 0.1) is 0 Å². The van der Waals surface area contributed by atoms with E-state index in [1.54, 1.807) is 0 Å². The van der Waals surface area contributed by atoms with Gasteiger partial charge in [0.15, 0.2) is 0 Å². The number of nitrogens with zero attached hydrogens (tertiary/aromatic N) is 2. The molecule has 3 rings (SSSR count).